The van der Waals surface area contributed by atoms with E-state index in [1.807, 2.05) is 41.3 Å². The maximum atomic E-state index is 14.3. The number of halogens is 2. The summed E-state index contributed by atoms with van der Waals surface area (Å²) in [7, 11) is 0. The number of rotatable bonds is 8. The fourth-order valence-electron chi connectivity index (χ4n) is 4.60. The molecule has 10 heteroatoms. The Morgan fingerprint density at radius 3 is 2.65 bits per heavy atom. The SMILES string of the molecule is CC(C)c1cc(Nc2cc(Cl)cc(-c3cccc(O)c3)c2)ccc1CN=Nc1ncc(F)c(N2CCOCC2)n1. The Hall–Kier alpha value is -4.08. The minimum absolute atomic E-state index is 0.121. The molecule has 0 radical (unpaired) electrons. The molecule has 0 aliphatic carbocycles. The summed E-state index contributed by atoms with van der Waals surface area (Å²) in [6.07, 6.45) is 1.13. The Balaban J connectivity index is 1.32. The number of nitrogens with zero attached hydrogens (tertiary/aromatic N) is 5. The van der Waals surface area contributed by atoms with Gasteiger partial charge in [0.1, 0.15) is 5.75 Å². The van der Waals surface area contributed by atoms with Crippen molar-refractivity contribution >= 4 is 34.7 Å². The van der Waals surface area contributed by atoms with Gasteiger partial charge in [0.15, 0.2) is 11.6 Å². The Bertz CT molecular complexity index is 1520. The van der Waals surface area contributed by atoms with Crippen LogP contribution >= 0.6 is 11.6 Å². The van der Waals surface area contributed by atoms with Crippen molar-refractivity contribution in [1.82, 2.24) is 9.97 Å². The van der Waals surface area contributed by atoms with E-state index in [1.165, 1.54) is 0 Å². The fraction of sp³-hybridized carbons (Fsp3) is 0.267. The zero-order chi connectivity index (χ0) is 28.1. The van der Waals surface area contributed by atoms with E-state index >= 15 is 0 Å². The summed E-state index contributed by atoms with van der Waals surface area (Å²) in [5.74, 6) is 0.295. The number of nitrogens with one attached hydrogen (secondary N) is 1. The smallest absolute Gasteiger partial charge is 0.270 e. The number of phenolic OH excluding ortho intramolecular Hbond substituents is 1. The van der Waals surface area contributed by atoms with Gasteiger partial charge in [0, 0.05) is 29.5 Å². The van der Waals surface area contributed by atoms with Crippen molar-refractivity contribution in [2.24, 2.45) is 10.2 Å². The van der Waals surface area contributed by atoms with Crippen LogP contribution in [0.25, 0.3) is 11.1 Å². The lowest BCUT2D eigenvalue weighted by Gasteiger charge is -2.27. The molecule has 0 unspecified atom stereocenters. The molecule has 1 aromatic heterocycles. The number of azo groups is 1. The molecular weight excluding hydrogens is 531 g/mol. The third kappa shape index (κ3) is 6.73. The first-order valence-corrected chi connectivity index (χ1v) is 13.5. The molecule has 5 rings (SSSR count). The van der Waals surface area contributed by atoms with Gasteiger partial charge in [-0.05, 0) is 70.6 Å². The zero-order valence-corrected chi connectivity index (χ0v) is 23.1. The van der Waals surface area contributed by atoms with Crippen molar-refractivity contribution < 1.29 is 14.2 Å². The lowest BCUT2D eigenvalue weighted by Crippen LogP contribution is -2.37. The molecule has 0 spiro atoms. The molecule has 3 aromatic carbocycles. The van der Waals surface area contributed by atoms with Gasteiger partial charge < -0.3 is 20.1 Å². The first kappa shape index (κ1) is 27.5. The van der Waals surface area contributed by atoms with Crippen LogP contribution in [0.15, 0.2) is 77.1 Å². The van der Waals surface area contributed by atoms with Crippen LogP contribution in [0.3, 0.4) is 0 Å². The number of aromatic nitrogens is 2. The van der Waals surface area contributed by atoms with E-state index in [0.29, 0.717) is 37.9 Å². The first-order valence-electron chi connectivity index (χ1n) is 13.1. The van der Waals surface area contributed by atoms with E-state index in [1.54, 1.807) is 18.2 Å². The lowest BCUT2D eigenvalue weighted by atomic mass is 9.96. The second kappa shape index (κ2) is 12.4. The van der Waals surface area contributed by atoms with Crippen molar-refractivity contribution in [3.63, 3.8) is 0 Å². The molecule has 206 valence electrons. The van der Waals surface area contributed by atoms with Crippen molar-refractivity contribution in [2.75, 3.05) is 36.5 Å². The molecule has 2 N–H and O–H groups in total. The lowest BCUT2D eigenvalue weighted by molar-refractivity contribution is 0.122. The molecule has 1 aliphatic rings. The van der Waals surface area contributed by atoms with Gasteiger partial charge in [-0.2, -0.15) is 10.1 Å². The van der Waals surface area contributed by atoms with Crippen molar-refractivity contribution in [3.05, 3.63) is 88.8 Å². The number of morpholine rings is 1. The molecule has 1 fully saturated rings. The average molecular weight is 561 g/mol. The largest absolute Gasteiger partial charge is 0.508 e. The summed E-state index contributed by atoms with van der Waals surface area (Å²) < 4.78 is 19.7. The molecule has 1 saturated heterocycles. The summed E-state index contributed by atoms with van der Waals surface area (Å²) in [5.41, 5.74) is 5.64. The van der Waals surface area contributed by atoms with Gasteiger partial charge in [0.2, 0.25) is 0 Å². The van der Waals surface area contributed by atoms with E-state index in [4.69, 9.17) is 16.3 Å². The highest BCUT2D eigenvalue weighted by atomic mass is 35.5. The summed E-state index contributed by atoms with van der Waals surface area (Å²) in [6, 6.07) is 18.9. The maximum absolute atomic E-state index is 14.3. The van der Waals surface area contributed by atoms with Gasteiger partial charge in [-0.3, -0.25) is 0 Å². The molecule has 1 aliphatic heterocycles. The maximum Gasteiger partial charge on any atom is 0.270 e. The molecule has 0 amide bonds. The van der Waals surface area contributed by atoms with Crippen LogP contribution in [-0.4, -0.2) is 41.4 Å². The molecule has 0 saturated carbocycles. The third-order valence-corrected chi connectivity index (χ3v) is 6.78. The van der Waals surface area contributed by atoms with Gasteiger partial charge in [-0.1, -0.05) is 43.6 Å². The molecule has 4 aromatic rings. The standard InChI is InChI=1S/C30H30ClFN6O2/c1-19(2)27-16-24(35-25-13-22(12-23(31)15-25)20-4-3-5-26(39)14-20)7-6-21(27)17-34-37-30-33-18-28(32)29(36-30)38-8-10-40-11-9-38/h3-7,12-16,18-19,35,39H,8-11,17H2,1-2H3. The topological polar surface area (TPSA) is 95.2 Å². The average Bonchev–Trinajstić information content (AvgIpc) is 2.94. The number of anilines is 3. The van der Waals surface area contributed by atoms with Crippen LogP contribution in [0.1, 0.15) is 30.9 Å². The summed E-state index contributed by atoms with van der Waals surface area (Å²) in [5, 5.41) is 22.4. The minimum Gasteiger partial charge on any atom is -0.508 e. The Morgan fingerprint density at radius 1 is 1.05 bits per heavy atom. The van der Waals surface area contributed by atoms with E-state index in [-0.39, 0.29) is 23.4 Å². The Labute approximate surface area is 237 Å². The normalized spacial score (nSPS) is 13.8. The second-order valence-electron chi connectivity index (χ2n) is 9.81. The predicted molar refractivity (Wildman–Crippen MR) is 156 cm³/mol. The van der Waals surface area contributed by atoms with Gasteiger partial charge >= 0.3 is 0 Å². The van der Waals surface area contributed by atoms with Crippen molar-refractivity contribution in [2.45, 2.75) is 26.3 Å². The zero-order valence-electron chi connectivity index (χ0n) is 22.3. The Morgan fingerprint density at radius 2 is 1.88 bits per heavy atom. The van der Waals surface area contributed by atoms with E-state index in [9.17, 15) is 9.50 Å². The van der Waals surface area contributed by atoms with Crippen molar-refractivity contribution in [3.8, 4) is 16.9 Å². The van der Waals surface area contributed by atoms with E-state index in [0.717, 1.165) is 39.8 Å². The van der Waals surface area contributed by atoms with Gasteiger partial charge in [-0.15, -0.1) is 5.11 Å². The summed E-state index contributed by atoms with van der Waals surface area (Å²) in [6.45, 7) is 6.76. The quantitative estimate of drug-likeness (QED) is 0.215. The van der Waals surface area contributed by atoms with Crippen LogP contribution in [-0.2, 0) is 11.3 Å². The highest BCUT2D eigenvalue weighted by Crippen LogP contribution is 2.32. The number of hydrogen-bond acceptors (Lipinski definition) is 8. The van der Waals surface area contributed by atoms with Crippen LogP contribution in [0, 0.1) is 5.82 Å². The van der Waals surface area contributed by atoms with Gasteiger partial charge in [0.25, 0.3) is 5.95 Å². The van der Waals surface area contributed by atoms with Crippen LogP contribution < -0.4 is 10.2 Å². The fourth-order valence-corrected chi connectivity index (χ4v) is 4.84. The highest BCUT2D eigenvalue weighted by molar-refractivity contribution is 6.31. The monoisotopic (exact) mass is 560 g/mol. The van der Waals surface area contributed by atoms with Gasteiger partial charge in [-0.25, -0.2) is 9.37 Å². The van der Waals surface area contributed by atoms with Crippen LogP contribution in [0.5, 0.6) is 5.75 Å². The number of hydrogen-bond donors (Lipinski definition) is 2. The number of ether oxygens (including phenoxy) is 1. The Kier molecular flexibility index (Phi) is 8.52. The number of benzene rings is 3. The highest BCUT2D eigenvalue weighted by Gasteiger charge is 2.18. The van der Waals surface area contributed by atoms with Gasteiger partial charge in [0.05, 0.1) is 26.0 Å². The number of phenols is 1. The van der Waals surface area contributed by atoms with Crippen molar-refractivity contribution in [1.29, 1.82) is 0 Å². The molecule has 2 heterocycles. The van der Waals surface area contributed by atoms with E-state index < -0.39 is 5.82 Å². The molecule has 8 nitrogen and oxygen atoms in total. The van der Waals surface area contributed by atoms with E-state index in [2.05, 4.69) is 45.4 Å². The molecule has 0 bridgehead atoms. The summed E-state index contributed by atoms with van der Waals surface area (Å²) >= 11 is 6.42. The predicted octanol–water partition coefficient (Wildman–Crippen LogP) is 7.63. The third-order valence-electron chi connectivity index (χ3n) is 6.56. The second-order valence-corrected chi connectivity index (χ2v) is 10.2. The molecular formula is C30H30ClFN6O2. The van der Waals surface area contributed by atoms with Crippen LogP contribution in [0.4, 0.5) is 27.5 Å². The first-order chi connectivity index (χ1) is 19.4. The molecule has 40 heavy (non-hydrogen) atoms. The summed E-state index contributed by atoms with van der Waals surface area (Å²) in [4.78, 5) is 10.1. The molecule has 0 atom stereocenters. The number of aromatic hydroxyl groups is 1. The van der Waals surface area contributed by atoms with Crippen LogP contribution in [0.2, 0.25) is 5.02 Å². The minimum atomic E-state index is -0.486.